The summed E-state index contributed by atoms with van der Waals surface area (Å²) in [5, 5.41) is 9.29. The van der Waals surface area contributed by atoms with Crippen molar-refractivity contribution < 1.29 is 9.50 Å². The Kier molecular flexibility index (Phi) is 4.80. The van der Waals surface area contributed by atoms with Gasteiger partial charge in [-0.25, -0.2) is 4.39 Å². The first-order chi connectivity index (χ1) is 10.8. The molecule has 3 rings (SSSR count). The van der Waals surface area contributed by atoms with Crippen molar-refractivity contribution in [3.05, 3.63) is 54.1 Å². The number of rotatable bonds is 4. The fraction of sp³-hybridized carbons (Fsp3) is 0.389. The van der Waals surface area contributed by atoms with Gasteiger partial charge in [0.25, 0.3) is 0 Å². The molecule has 116 valence electrons. The predicted octanol–water partition coefficient (Wildman–Crippen LogP) is 3.09. The van der Waals surface area contributed by atoms with Crippen LogP contribution in [-0.4, -0.2) is 34.7 Å². The Hall–Kier alpha value is -1.78. The molecule has 2 aromatic rings. The number of hydrogen-bond acceptors (Lipinski definition) is 3. The third kappa shape index (κ3) is 3.51. The van der Waals surface area contributed by atoms with Crippen LogP contribution in [0.25, 0.3) is 11.1 Å². The van der Waals surface area contributed by atoms with Crippen LogP contribution < -0.4 is 0 Å². The Balaban J connectivity index is 1.73. The van der Waals surface area contributed by atoms with E-state index < -0.39 is 0 Å². The number of aromatic nitrogens is 1. The third-order valence-electron chi connectivity index (χ3n) is 4.32. The molecule has 0 spiro atoms. The van der Waals surface area contributed by atoms with E-state index in [0.717, 1.165) is 42.6 Å². The number of benzene rings is 1. The minimum Gasteiger partial charge on any atom is -0.396 e. The molecule has 1 aliphatic rings. The van der Waals surface area contributed by atoms with Gasteiger partial charge in [-0.1, -0.05) is 12.1 Å². The lowest BCUT2D eigenvalue weighted by atomic mass is 9.98. The SMILES string of the molecule is OCC1CCCN(Cc2ccc(-c3ccncc3)cc2F)C1. The zero-order valence-electron chi connectivity index (χ0n) is 12.6. The monoisotopic (exact) mass is 300 g/mol. The molecular weight excluding hydrogens is 279 g/mol. The van der Waals surface area contributed by atoms with Crippen molar-refractivity contribution in [2.45, 2.75) is 19.4 Å². The van der Waals surface area contributed by atoms with Gasteiger partial charge in [0.05, 0.1) is 0 Å². The minimum absolute atomic E-state index is 0.166. The maximum absolute atomic E-state index is 14.4. The van der Waals surface area contributed by atoms with Crippen molar-refractivity contribution in [1.29, 1.82) is 0 Å². The van der Waals surface area contributed by atoms with E-state index in [1.54, 1.807) is 18.5 Å². The molecule has 4 heteroatoms. The highest BCUT2D eigenvalue weighted by Crippen LogP contribution is 2.23. The highest BCUT2D eigenvalue weighted by Gasteiger charge is 2.20. The number of aliphatic hydroxyl groups is 1. The van der Waals surface area contributed by atoms with Gasteiger partial charge in [0.1, 0.15) is 5.82 Å². The van der Waals surface area contributed by atoms with Crippen LogP contribution in [0.2, 0.25) is 0 Å². The Labute approximate surface area is 130 Å². The normalized spacial score (nSPS) is 19.3. The van der Waals surface area contributed by atoms with Crippen LogP contribution in [0.15, 0.2) is 42.7 Å². The maximum Gasteiger partial charge on any atom is 0.128 e. The van der Waals surface area contributed by atoms with Gasteiger partial charge in [0.2, 0.25) is 0 Å². The van der Waals surface area contributed by atoms with Crippen LogP contribution in [0.5, 0.6) is 0 Å². The number of halogens is 1. The molecule has 1 aromatic heterocycles. The van der Waals surface area contributed by atoms with Gasteiger partial charge >= 0.3 is 0 Å². The molecule has 1 fully saturated rings. The molecule has 1 atom stereocenters. The highest BCUT2D eigenvalue weighted by molar-refractivity contribution is 5.63. The van der Waals surface area contributed by atoms with Crippen molar-refractivity contribution in [1.82, 2.24) is 9.88 Å². The molecule has 1 aromatic carbocycles. The van der Waals surface area contributed by atoms with Crippen LogP contribution >= 0.6 is 0 Å². The molecule has 0 bridgehead atoms. The fourth-order valence-corrected chi connectivity index (χ4v) is 3.08. The van der Waals surface area contributed by atoms with E-state index in [1.807, 2.05) is 24.3 Å². The van der Waals surface area contributed by atoms with Crippen LogP contribution in [0.4, 0.5) is 4.39 Å². The van der Waals surface area contributed by atoms with Gasteiger partial charge < -0.3 is 5.11 Å². The molecule has 3 nitrogen and oxygen atoms in total. The van der Waals surface area contributed by atoms with Crippen molar-refractivity contribution >= 4 is 0 Å². The van der Waals surface area contributed by atoms with Crippen molar-refractivity contribution in [3.63, 3.8) is 0 Å². The van der Waals surface area contributed by atoms with E-state index >= 15 is 0 Å². The van der Waals surface area contributed by atoms with E-state index in [0.29, 0.717) is 12.5 Å². The van der Waals surface area contributed by atoms with Crippen LogP contribution in [-0.2, 0) is 6.54 Å². The largest absolute Gasteiger partial charge is 0.396 e. The van der Waals surface area contributed by atoms with Crippen molar-refractivity contribution in [2.75, 3.05) is 19.7 Å². The number of nitrogens with zero attached hydrogens (tertiary/aromatic N) is 2. The molecule has 0 aliphatic carbocycles. The Bertz CT molecular complexity index is 618. The van der Waals surface area contributed by atoms with Gasteiger partial charge in [0.15, 0.2) is 0 Å². The van der Waals surface area contributed by atoms with Gasteiger partial charge in [-0.2, -0.15) is 0 Å². The molecule has 0 radical (unpaired) electrons. The summed E-state index contributed by atoms with van der Waals surface area (Å²) in [6.45, 7) is 2.66. The quantitative estimate of drug-likeness (QED) is 0.942. The van der Waals surface area contributed by atoms with Gasteiger partial charge in [0, 0.05) is 37.7 Å². The number of piperidine rings is 1. The average molecular weight is 300 g/mol. The van der Waals surface area contributed by atoms with Crippen LogP contribution in [0.3, 0.4) is 0 Å². The summed E-state index contributed by atoms with van der Waals surface area (Å²) < 4.78 is 14.4. The highest BCUT2D eigenvalue weighted by atomic mass is 19.1. The number of aliphatic hydroxyl groups excluding tert-OH is 1. The summed E-state index contributed by atoms with van der Waals surface area (Å²) >= 11 is 0. The lowest BCUT2D eigenvalue weighted by Gasteiger charge is -2.31. The van der Waals surface area contributed by atoms with E-state index in [4.69, 9.17) is 0 Å². The summed E-state index contributed by atoms with van der Waals surface area (Å²) in [4.78, 5) is 6.21. The molecule has 1 saturated heterocycles. The molecule has 22 heavy (non-hydrogen) atoms. The van der Waals surface area contributed by atoms with Crippen LogP contribution in [0, 0.1) is 11.7 Å². The van der Waals surface area contributed by atoms with E-state index in [-0.39, 0.29) is 12.4 Å². The summed E-state index contributed by atoms with van der Waals surface area (Å²) in [7, 11) is 0. The van der Waals surface area contributed by atoms with Gasteiger partial charge in [-0.15, -0.1) is 0 Å². The Morgan fingerprint density at radius 3 is 2.73 bits per heavy atom. The summed E-state index contributed by atoms with van der Waals surface area (Å²) in [5.74, 6) is 0.160. The first-order valence-electron chi connectivity index (χ1n) is 7.78. The summed E-state index contributed by atoms with van der Waals surface area (Å²) in [5.41, 5.74) is 2.56. The molecule has 0 amide bonds. The van der Waals surface area contributed by atoms with E-state index in [9.17, 15) is 9.50 Å². The molecule has 1 aliphatic heterocycles. The van der Waals surface area contributed by atoms with Crippen molar-refractivity contribution in [3.8, 4) is 11.1 Å². The molecule has 1 unspecified atom stereocenters. The lowest BCUT2D eigenvalue weighted by Crippen LogP contribution is -2.36. The number of hydrogen-bond donors (Lipinski definition) is 1. The molecule has 2 heterocycles. The second-order valence-electron chi connectivity index (χ2n) is 5.97. The van der Waals surface area contributed by atoms with Crippen LogP contribution in [0.1, 0.15) is 18.4 Å². The number of likely N-dealkylation sites (tertiary alicyclic amines) is 1. The van der Waals surface area contributed by atoms with Gasteiger partial charge in [-0.3, -0.25) is 9.88 Å². The molecule has 0 saturated carbocycles. The fourth-order valence-electron chi connectivity index (χ4n) is 3.08. The lowest BCUT2D eigenvalue weighted by molar-refractivity contribution is 0.115. The predicted molar refractivity (Wildman–Crippen MR) is 84.7 cm³/mol. The zero-order valence-corrected chi connectivity index (χ0v) is 12.6. The smallest absolute Gasteiger partial charge is 0.128 e. The summed E-state index contributed by atoms with van der Waals surface area (Å²) in [6, 6.07) is 9.18. The minimum atomic E-state index is -0.166. The Morgan fingerprint density at radius 1 is 1.18 bits per heavy atom. The topological polar surface area (TPSA) is 36.4 Å². The summed E-state index contributed by atoms with van der Waals surface area (Å²) in [6.07, 6.45) is 5.56. The number of pyridine rings is 1. The van der Waals surface area contributed by atoms with E-state index in [2.05, 4.69) is 9.88 Å². The second kappa shape index (κ2) is 6.99. The Morgan fingerprint density at radius 2 is 2.00 bits per heavy atom. The second-order valence-corrected chi connectivity index (χ2v) is 5.97. The van der Waals surface area contributed by atoms with Crippen molar-refractivity contribution in [2.24, 2.45) is 5.92 Å². The van der Waals surface area contributed by atoms with Gasteiger partial charge in [-0.05, 0) is 54.6 Å². The first-order valence-corrected chi connectivity index (χ1v) is 7.78. The third-order valence-corrected chi connectivity index (χ3v) is 4.32. The molecular formula is C18H21FN2O. The van der Waals surface area contributed by atoms with E-state index in [1.165, 1.54) is 0 Å². The standard InChI is InChI=1S/C18H21FN2O/c19-18-10-16(15-5-7-20-8-6-15)3-4-17(18)12-21-9-1-2-14(11-21)13-22/h3-8,10,14,22H,1-2,9,11-13H2. The zero-order chi connectivity index (χ0) is 15.4. The first kappa shape index (κ1) is 15.1. The molecule has 1 N–H and O–H groups in total. The maximum atomic E-state index is 14.4. The average Bonchev–Trinajstić information content (AvgIpc) is 2.58.